The molecule has 0 amide bonds. The standard InChI is InChI=1S/C38H31N2O.C11H8N.Ir/c1-25-21-30(26-13-7-5-8-14-26)36(31(22-25)27-15-9-6-10-16-27)40-34-18-12-11-17-33(34)39-37(40)32-24-41-35-23-28(38(2,3)4)19-20-29(32)35;1-2-6-10(7-3-1)11-8-4-5-9-12-11;/h5-23H,1-4H3;1-6,8-9H;/q2*-1;. The molecule has 3 heterocycles. The van der Waals surface area contributed by atoms with Crippen LogP contribution in [-0.2, 0) is 25.5 Å². The van der Waals surface area contributed by atoms with Crippen LogP contribution in [-0.4, -0.2) is 14.5 Å². The van der Waals surface area contributed by atoms with Gasteiger partial charge in [0.05, 0.1) is 22.5 Å². The second kappa shape index (κ2) is 15.6. The first-order chi connectivity index (χ1) is 25.8. The van der Waals surface area contributed by atoms with Gasteiger partial charge in [0.15, 0.2) is 0 Å². The van der Waals surface area contributed by atoms with Crippen molar-refractivity contribution >= 4 is 22.0 Å². The quantitative estimate of drug-likeness (QED) is 0.162. The van der Waals surface area contributed by atoms with Crippen LogP contribution in [0.5, 0.6) is 0 Å². The first-order valence-electron chi connectivity index (χ1n) is 17.9. The molecule has 0 aliphatic heterocycles. The molecule has 3 aromatic heterocycles. The van der Waals surface area contributed by atoms with Crippen LogP contribution >= 0.6 is 0 Å². The van der Waals surface area contributed by atoms with Crippen LogP contribution in [0.25, 0.3) is 72.6 Å². The second-order valence-corrected chi connectivity index (χ2v) is 14.2. The van der Waals surface area contributed by atoms with E-state index in [-0.39, 0.29) is 25.5 Å². The van der Waals surface area contributed by atoms with E-state index in [0.29, 0.717) is 0 Å². The number of fused-ring (bicyclic) bond motifs is 2. The van der Waals surface area contributed by atoms with Gasteiger partial charge in [-0.2, -0.15) is 0 Å². The molecule has 0 unspecified atom stereocenters. The van der Waals surface area contributed by atoms with Crippen molar-refractivity contribution in [3.63, 3.8) is 0 Å². The molecular formula is C49H39IrN3O-2. The molecule has 0 saturated heterocycles. The van der Waals surface area contributed by atoms with Gasteiger partial charge in [0, 0.05) is 49.3 Å². The molecule has 0 saturated carbocycles. The normalized spacial score (nSPS) is 11.2. The monoisotopic (exact) mass is 878 g/mol. The van der Waals surface area contributed by atoms with Crippen LogP contribution in [0.15, 0.2) is 168 Å². The molecule has 0 atom stereocenters. The Morgan fingerprint density at radius 2 is 1.31 bits per heavy atom. The molecule has 0 fully saturated rings. The van der Waals surface area contributed by atoms with E-state index < -0.39 is 0 Å². The van der Waals surface area contributed by atoms with Crippen LogP contribution in [0.2, 0.25) is 0 Å². The summed E-state index contributed by atoms with van der Waals surface area (Å²) >= 11 is 0. The van der Waals surface area contributed by atoms with Crippen LogP contribution in [0.3, 0.4) is 0 Å². The summed E-state index contributed by atoms with van der Waals surface area (Å²) in [6, 6.07) is 57.4. The Morgan fingerprint density at radius 1 is 0.667 bits per heavy atom. The maximum Gasteiger partial charge on any atom is 0.0774 e. The summed E-state index contributed by atoms with van der Waals surface area (Å²) in [7, 11) is 0. The third kappa shape index (κ3) is 7.34. The summed E-state index contributed by atoms with van der Waals surface area (Å²) in [4.78, 5) is 9.43. The van der Waals surface area contributed by atoms with Crippen molar-refractivity contribution in [1.29, 1.82) is 0 Å². The fourth-order valence-electron chi connectivity index (χ4n) is 6.80. The Labute approximate surface area is 330 Å². The fraction of sp³-hybridized carbons (Fsp3) is 0.102. The van der Waals surface area contributed by atoms with Gasteiger partial charge in [0.25, 0.3) is 0 Å². The molecule has 54 heavy (non-hydrogen) atoms. The van der Waals surface area contributed by atoms with E-state index in [9.17, 15) is 0 Å². The third-order valence-corrected chi connectivity index (χ3v) is 9.46. The van der Waals surface area contributed by atoms with E-state index >= 15 is 0 Å². The summed E-state index contributed by atoms with van der Waals surface area (Å²) in [6.07, 6.45) is 5.04. The largest absolute Gasteiger partial charge is 0.557 e. The zero-order chi connectivity index (χ0) is 36.4. The van der Waals surface area contributed by atoms with Gasteiger partial charge in [-0.25, -0.2) is 0 Å². The second-order valence-electron chi connectivity index (χ2n) is 14.2. The van der Waals surface area contributed by atoms with E-state index in [4.69, 9.17) is 9.40 Å². The van der Waals surface area contributed by atoms with Gasteiger partial charge >= 0.3 is 0 Å². The smallest absolute Gasteiger partial charge is 0.0774 e. The van der Waals surface area contributed by atoms with E-state index in [1.807, 2.05) is 48.5 Å². The van der Waals surface area contributed by atoms with Crippen LogP contribution in [0.4, 0.5) is 0 Å². The molecule has 1 radical (unpaired) electrons. The zero-order valence-electron chi connectivity index (χ0n) is 30.7. The summed E-state index contributed by atoms with van der Waals surface area (Å²) < 4.78 is 8.40. The molecule has 0 aliphatic rings. The van der Waals surface area contributed by atoms with E-state index in [1.54, 1.807) is 6.20 Å². The number of aryl methyl sites for hydroxylation is 1. The Kier molecular flexibility index (Phi) is 10.6. The average Bonchev–Trinajstić information content (AvgIpc) is 3.80. The van der Waals surface area contributed by atoms with Gasteiger partial charge in [0.1, 0.15) is 0 Å². The van der Waals surface area contributed by atoms with E-state index in [1.165, 1.54) is 11.1 Å². The maximum absolute atomic E-state index is 6.10. The first kappa shape index (κ1) is 36.5. The average molecular weight is 878 g/mol. The topological polar surface area (TPSA) is 43.9 Å². The maximum atomic E-state index is 6.10. The minimum absolute atomic E-state index is 0. The molecule has 0 aliphatic carbocycles. The fourth-order valence-corrected chi connectivity index (χ4v) is 6.80. The van der Waals surface area contributed by atoms with Crippen molar-refractivity contribution in [2.75, 3.05) is 0 Å². The molecule has 267 valence electrons. The number of hydrogen-bond acceptors (Lipinski definition) is 3. The predicted octanol–water partition coefficient (Wildman–Crippen LogP) is 12.7. The van der Waals surface area contributed by atoms with Crippen LogP contribution < -0.4 is 0 Å². The first-order valence-corrected chi connectivity index (χ1v) is 17.9. The van der Waals surface area contributed by atoms with Gasteiger partial charge in [0.2, 0.25) is 0 Å². The molecular weight excluding hydrogens is 839 g/mol. The summed E-state index contributed by atoms with van der Waals surface area (Å²) in [5.74, 6) is 0.812. The van der Waals surface area contributed by atoms with Crippen molar-refractivity contribution in [2.45, 2.75) is 33.1 Å². The Balaban J connectivity index is 0.000000294. The third-order valence-electron chi connectivity index (χ3n) is 9.46. The van der Waals surface area contributed by atoms with Crippen LogP contribution in [0.1, 0.15) is 31.9 Å². The molecule has 0 spiro atoms. The van der Waals surface area contributed by atoms with Crippen molar-refractivity contribution < 1.29 is 24.5 Å². The number of rotatable bonds is 5. The van der Waals surface area contributed by atoms with Gasteiger partial charge < -0.3 is 14.0 Å². The number of hydrogen-bond donors (Lipinski definition) is 0. The summed E-state index contributed by atoms with van der Waals surface area (Å²) in [5.41, 5.74) is 13.8. The van der Waals surface area contributed by atoms with Gasteiger partial charge in [-0.05, 0) is 70.6 Å². The number of imidazole rings is 1. The molecule has 0 bridgehead atoms. The Bertz CT molecular complexity index is 2540. The molecule has 6 aromatic carbocycles. The molecule has 0 N–H and O–H groups in total. The van der Waals surface area contributed by atoms with Crippen molar-refractivity contribution in [1.82, 2.24) is 14.5 Å². The Hall–Kier alpha value is -5.87. The number of nitrogens with zero attached hydrogens (tertiary/aromatic N) is 3. The minimum atomic E-state index is 0. The van der Waals surface area contributed by atoms with Crippen molar-refractivity contribution in [2.24, 2.45) is 0 Å². The van der Waals surface area contributed by atoms with Gasteiger partial charge in [-0.15, -0.1) is 42.0 Å². The van der Waals surface area contributed by atoms with E-state index in [0.717, 1.165) is 72.6 Å². The summed E-state index contributed by atoms with van der Waals surface area (Å²) in [5, 5.41) is 1.00. The van der Waals surface area contributed by atoms with Crippen LogP contribution in [0, 0.1) is 19.3 Å². The molecule has 9 rings (SSSR count). The number of furan rings is 1. The van der Waals surface area contributed by atoms with Gasteiger partial charge in [-0.1, -0.05) is 129 Å². The molecule has 5 heteroatoms. The molecule has 4 nitrogen and oxygen atoms in total. The number of aromatic nitrogens is 3. The van der Waals surface area contributed by atoms with E-state index in [2.05, 4.69) is 159 Å². The number of pyridine rings is 1. The number of benzene rings is 6. The van der Waals surface area contributed by atoms with Gasteiger partial charge in [-0.3, -0.25) is 4.98 Å². The summed E-state index contributed by atoms with van der Waals surface area (Å²) in [6.45, 7) is 8.82. The number of para-hydroxylation sites is 2. The Morgan fingerprint density at radius 3 is 1.94 bits per heavy atom. The van der Waals surface area contributed by atoms with Crippen molar-refractivity contribution in [3.05, 3.63) is 187 Å². The zero-order valence-corrected chi connectivity index (χ0v) is 33.1. The SMILES string of the molecule is Cc1cc(-c2ccccc2)c(-n2c(-c3[c-]oc4cc(C(C)(C)C)ccc34)nc3ccccc32)c(-c2ccccc2)c1.[Ir].[c-]1ccccc1-c1ccccn1. The van der Waals surface area contributed by atoms with Crippen molar-refractivity contribution in [3.8, 4) is 50.6 Å². The minimum Gasteiger partial charge on any atom is -0.557 e. The molecule has 9 aromatic rings. The predicted molar refractivity (Wildman–Crippen MR) is 218 cm³/mol.